The standard InChI is InChI=1S/C12H16BrNO3S/c13-12-4-2-1-3-10(12)5-7-14-18(15,16)11-6-8-17-9-11/h1-4,11,14H,5-9H2/t11-/m1/s1. The van der Waals surface area contributed by atoms with Gasteiger partial charge in [0.2, 0.25) is 10.0 Å². The first-order valence-electron chi connectivity index (χ1n) is 5.89. The van der Waals surface area contributed by atoms with Crippen LogP contribution in [0.3, 0.4) is 0 Å². The Morgan fingerprint density at radius 1 is 1.39 bits per heavy atom. The number of nitrogens with one attached hydrogen (secondary N) is 1. The van der Waals surface area contributed by atoms with Crippen molar-refractivity contribution in [2.45, 2.75) is 18.1 Å². The monoisotopic (exact) mass is 333 g/mol. The first kappa shape index (κ1) is 14.0. The van der Waals surface area contributed by atoms with Gasteiger partial charge < -0.3 is 4.74 Å². The Balaban J connectivity index is 1.87. The van der Waals surface area contributed by atoms with Crippen molar-refractivity contribution in [3.05, 3.63) is 34.3 Å². The third kappa shape index (κ3) is 3.54. The van der Waals surface area contributed by atoms with Gasteiger partial charge in [0.1, 0.15) is 5.25 Å². The van der Waals surface area contributed by atoms with E-state index in [9.17, 15) is 8.42 Å². The molecule has 1 heterocycles. The second-order valence-corrected chi connectivity index (χ2v) is 7.17. The fourth-order valence-corrected chi connectivity index (χ4v) is 3.69. The van der Waals surface area contributed by atoms with Gasteiger partial charge >= 0.3 is 0 Å². The summed E-state index contributed by atoms with van der Waals surface area (Å²) in [6.07, 6.45) is 1.26. The van der Waals surface area contributed by atoms with Gasteiger partial charge in [0.25, 0.3) is 0 Å². The van der Waals surface area contributed by atoms with Crippen LogP contribution in [0.25, 0.3) is 0 Å². The zero-order valence-electron chi connectivity index (χ0n) is 9.93. The van der Waals surface area contributed by atoms with Gasteiger partial charge in [-0.3, -0.25) is 0 Å². The maximum Gasteiger partial charge on any atom is 0.216 e. The Bertz CT molecular complexity index is 498. The van der Waals surface area contributed by atoms with Crippen molar-refractivity contribution in [2.24, 2.45) is 0 Å². The highest BCUT2D eigenvalue weighted by molar-refractivity contribution is 9.10. The molecule has 0 amide bonds. The fourth-order valence-electron chi connectivity index (χ4n) is 1.90. The maximum atomic E-state index is 11.9. The number of halogens is 1. The van der Waals surface area contributed by atoms with Crippen LogP contribution in [0, 0.1) is 0 Å². The van der Waals surface area contributed by atoms with Gasteiger partial charge in [-0.2, -0.15) is 0 Å². The van der Waals surface area contributed by atoms with E-state index in [1.807, 2.05) is 24.3 Å². The van der Waals surface area contributed by atoms with Crippen molar-refractivity contribution in [3.8, 4) is 0 Å². The van der Waals surface area contributed by atoms with Crippen LogP contribution in [0.15, 0.2) is 28.7 Å². The Labute approximate surface area is 116 Å². The van der Waals surface area contributed by atoms with Crippen molar-refractivity contribution in [3.63, 3.8) is 0 Å². The Hall–Kier alpha value is -0.430. The summed E-state index contributed by atoms with van der Waals surface area (Å²) in [4.78, 5) is 0. The third-order valence-electron chi connectivity index (χ3n) is 2.98. The fraction of sp³-hybridized carbons (Fsp3) is 0.500. The van der Waals surface area contributed by atoms with Gasteiger partial charge in [-0.05, 0) is 24.5 Å². The molecule has 0 bridgehead atoms. The van der Waals surface area contributed by atoms with Crippen molar-refractivity contribution in [1.29, 1.82) is 0 Å². The Kier molecular flexibility index (Phi) is 4.77. The molecule has 18 heavy (non-hydrogen) atoms. The predicted molar refractivity (Wildman–Crippen MR) is 74.0 cm³/mol. The summed E-state index contributed by atoms with van der Waals surface area (Å²) in [6.45, 7) is 1.27. The summed E-state index contributed by atoms with van der Waals surface area (Å²) in [5, 5.41) is -0.392. The Morgan fingerprint density at radius 2 is 2.17 bits per heavy atom. The van der Waals surface area contributed by atoms with Crippen molar-refractivity contribution in [2.75, 3.05) is 19.8 Å². The first-order valence-corrected chi connectivity index (χ1v) is 8.23. The van der Waals surface area contributed by atoms with E-state index < -0.39 is 15.3 Å². The van der Waals surface area contributed by atoms with Crippen LogP contribution in [0.1, 0.15) is 12.0 Å². The van der Waals surface area contributed by atoms with E-state index in [4.69, 9.17) is 4.74 Å². The van der Waals surface area contributed by atoms with Crippen LogP contribution in [-0.2, 0) is 21.2 Å². The van der Waals surface area contributed by atoms with Gasteiger partial charge in [0.15, 0.2) is 0 Å². The zero-order valence-corrected chi connectivity index (χ0v) is 12.3. The summed E-state index contributed by atoms with van der Waals surface area (Å²) in [7, 11) is -3.23. The molecule has 0 spiro atoms. The van der Waals surface area contributed by atoms with E-state index in [-0.39, 0.29) is 0 Å². The zero-order chi connectivity index (χ0) is 13.0. The average Bonchev–Trinajstić information content (AvgIpc) is 2.86. The van der Waals surface area contributed by atoms with Crippen LogP contribution in [0.4, 0.5) is 0 Å². The molecule has 1 atom stereocenters. The molecule has 0 radical (unpaired) electrons. The number of benzene rings is 1. The molecule has 1 N–H and O–H groups in total. The molecular weight excluding hydrogens is 318 g/mol. The molecule has 6 heteroatoms. The molecule has 1 saturated heterocycles. The van der Waals surface area contributed by atoms with Crippen LogP contribution in [0.2, 0.25) is 0 Å². The van der Waals surface area contributed by atoms with Gasteiger partial charge in [0, 0.05) is 17.6 Å². The predicted octanol–water partition coefficient (Wildman–Crippen LogP) is 1.70. The second kappa shape index (κ2) is 6.14. The first-order chi connectivity index (χ1) is 8.59. The highest BCUT2D eigenvalue weighted by atomic mass is 79.9. The van der Waals surface area contributed by atoms with Crippen molar-refractivity contribution < 1.29 is 13.2 Å². The van der Waals surface area contributed by atoms with Gasteiger partial charge in [-0.15, -0.1) is 0 Å². The number of hydrogen-bond donors (Lipinski definition) is 1. The summed E-state index contributed by atoms with van der Waals surface area (Å²) < 4.78 is 32.6. The molecule has 1 aliphatic rings. The molecule has 0 aliphatic carbocycles. The topological polar surface area (TPSA) is 55.4 Å². The SMILES string of the molecule is O=S(=O)(NCCc1ccccc1Br)[C@@H]1CCOC1. The lowest BCUT2D eigenvalue weighted by Crippen LogP contribution is -2.35. The molecule has 0 aromatic heterocycles. The number of rotatable bonds is 5. The van der Waals surface area contributed by atoms with Crippen molar-refractivity contribution >= 4 is 26.0 Å². The normalized spacial score (nSPS) is 20.2. The molecule has 1 aromatic rings. The minimum absolute atomic E-state index is 0.310. The third-order valence-corrected chi connectivity index (χ3v) is 5.61. The van der Waals surface area contributed by atoms with Gasteiger partial charge in [-0.1, -0.05) is 34.1 Å². The lowest BCUT2D eigenvalue weighted by molar-refractivity contribution is 0.198. The molecule has 100 valence electrons. The maximum absolute atomic E-state index is 11.9. The van der Waals surface area contributed by atoms with E-state index in [1.165, 1.54) is 0 Å². The molecule has 1 fully saturated rings. The smallest absolute Gasteiger partial charge is 0.216 e. The summed E-state index contributed by atoms with van der Waals surface area (Å²) in [5.74, 6) is 0. The molecule has 4 nitrogen and oxygen atoms in total. The molecule has 0 unspecified atom stereocenters. The average molecular weight is 334 g/mol. The van der Waals surface area contributed by atoms with E-state index in [2.05, 4.69) is 20.7 Å². The summed E-state index contributed by atoms with van der Waals surface area (Å²) >= 11 is 3.45. The number of sulfonamides is 1. The van der Waals surface area contributed by atoms with Crippen LogP contribution in [-0.4, -0.2) is 33.4 Å². The molecule has 2 rings (SSSR count). The quantitative estimate of drug-likeness (QED) is 0.892. The van der Waals surface area contributed by atoms with Crippen LogP contribution >= 0.6 is 15.9 Å². The van der Waals surface area contributed by atoms with E-state index in [0.717, 1.165) is 10.0 Å². The minimum atomic E-state index is -3.23. The van der Waals surface area contributed by atoms with E-state index in [1.54, 1.807) is 0 Å². The lowest BCUT2D eigenvalue weighted by atomic mass is 10.2. The number of hydrogen-bond acceptors (Lipinski definition) is 3. The summed E-state index contributed by atoms with van der Waals surface area (Å²) in [5.41, 5.74) is 1.10. The van der Waals surface area contributed by atoms with E-state index >= 15 is 0 Å². The minimum Gasteiger partial charge on any atom is -0.380 e. The molecule has 1 aliphatic heterocycles. The largest absolute Gasteiger partial charge is 0.380 e. The highest BCUT2D eigenvalue weighted by Gasteiger charge is 2.28. The molecule has 1 aromatic carbocycles. The van der Waals surface area contributed by atoms with E-state index in [0.29, 0.717) is 32.6 Å². The molecule has 0 saturated carbocycles. The second-order valence-electron chi connectivity index (χ2n) is 4.27. The lowest BCUT2D eigenvalue weighted by Gasteiger charge is -2.11. The van der Waals surface area contributed by atoms with Crippen molar-refractivity contribution in [1.82, 2.24) is 4.72 Å². The van der Waals surface area contributed by atoms with Crippen LogP contribution in [0.5, 0.6) is 0 Å². The summed E-state index contributed by atoms with van der Waals surface area (Å²) in [6, 6.07) is 7.82. The van der Waals surface area contributed by atoms with Crippen LogP contribution < -0.4 is 4.72 Å². The van der Waals surface area contributed by atoms with Gasteiger partial charge in [-0.25, -0.2) is 13.1 Å². The highest BCUT2D eigenvalue weighted by Crippen LogP contribution is 2.16. The number of ether oxygens (including phenoxy) is 1. The molecular formula is C12H16BrNO3S. The van der Waals surface area contributed by atoms with Gasteiger partial charge in [0.05, 0.1) is 6.61 Å². The Morgan fingerprint density at radius 3 is 2.83 bits per heavy atom.